The van der Waals surface area contributed by atoms with E-state index in [0.717, 1.165) is 62.2 Å². The van der Waals surface area contributed by atoms with E-state index < -0.39 is 0 Å². The predicted molar refractivity (Wildman–Crippen MR) is 395 cm³/mol. The number of pyridine rings is 2. The van der Waals surface area contributed by atoms with E-state index in [-0.39, 0.29) is 67.9 Å². The lowest BCUT2D eigenvalue weighted by Gasteiger charge is -2.16. The standard InChI is InChI=1S/C18H19N3O.C17H18N4O.C15H17N3O.C14H16N2OS.C13H15N3OS.CH4/c1-11(2)13-5-7-16-14(8-13)10-19-18(16)17(22)9-15-6-4-12(3)20-21-15;1-11(2)13-5-7-15-17(18-10-21(15)9-13)16(22)8-14-6-4-12(3)19-20-14;1-10(2)14-7-5-12(9-16-14)15(19)8-13-6-4-11(3)17-18-13;1-9(2)14-6-11(8-18-14)13(17)7-12-5-4-10(3)15-16-12;1-8(2)11-7-18-13(14-11)12(17)6-10-5-4-9(3)15-16-10;/h4-8,10-11,14H,9H2,1-3H3;4-7,9-11H,8H2,1-3H3;4-7,9-10H,8H2,1-3H3;4-6,8-9H,7H2,1-3H3;4-5,7-8H,6H2,1-3H3;1H4. The smallest absolute Gasteiger partial charge is 0.197 e. The fourth-order valence-electron chi connectivity index (χ4n) is 9.70. The van der Waals surface area contributed by atoms with Crippen LogP contribution in [-0.2, 0) is 36.9 Å². The van der Waals surface area contributed by atoms with Gasteiger partial charge in [0.25, 0.3) is 0 Å². The molecule has 1 aliphatic heterocycles. The number of Topliss-reactive ketones (excluding diaryl/α,β-unsaturated/α-hetero) is 5. The first kappa shape index (κ1) is 77.2. The normalized spacial score (nSPS) is 12.8. The summed E-state index contributed by atoms with van der Waals surface area (Å²) in [6, 6.07) is 28.2. The zero-order valence-corrected chi connectivity index (χ0v) is 60.6. The van der Waals surface area contributed by atoms with E-state index in [1.807, 2.05) is 159 Å². The van der Waals surface area contributed by atoms with Crippen molar-refractivity contribution >= 4 is 63.3 Å². The molecule has 10 aromatic rings. The van der Waals surface area contributed by atoms with Gasteiger partial charge in [-0.05, 0) is 166 Å². The maximum atomic E-state index is 12.5. The highest BCUT2D eigenvalue weighted by Crippen LogP contribution is 2.33. The van der Waals surface area contributed by atoms with Gasteiger partial charge >= 0.3 is 0 Å². The number of hydrogen-bond donors (Lipinski definition) is 0. The van der Waals surface area contributed by atoms with Gasteiger partial charge in [-0.3, -0.25) is 33.9 Å². The minimum Gasteiger partial charge on any atom is -0.305 e. The Balaban J connectivity index is 0.000000176. The second-order valence-electron chi connectivity index (χ2n) is 25.8. The van der Waals surface area contributed by atoms with Crippen LogP contribution in [0.15, 0.2) is 161 Å². The molecule has 0 spiro atoms. The number of thiophene rings is 1. The molecule has 0 radical (unpaired) electrons. The molecule has 2 aliphatic rings. The molecule has 1 unspecified atom stereocenters. The summed E-state index contributed by atoms with van der Waals surface area (Å²) in [7, 11) is 0. The molecule has 100 heavy (non-hydrogen) atoms. The summed E-state index contributed by atoms with van der Waals surface area (Å²) >= 11 is 3.04. The summed E-state index contributed by atoms with van der Waals surface area (Å²) in [5, 5.41) is 44.3. The SMILES string of the molecule is C.Cc1ccc(CC(=O)C2=C3C=CC(C(C)C)=CC3C=N2)nn1.Cc1ccc(CC(=O)c2ccc(C(C)C)nc2)nn1.Cc1ccc(CC(=O)c2csc(C(C)C)c2)nn1.Cc1ccc(CC(=O)c2nc(C(C)C)cs2)nn1.Cc1ccc(CC(=O)c2ncn3cc(C(C)C)ccc23)nn1. The number of carbonyl (C=O) groups excluding carboxylic acids is 5. The number of allylic oxidation sites excluding steroid dienone is 6. The average Bonchev–Trinajstić information content (AvgIpc) is 1.59. The van der Waals surface area contributed by atoms with Crippen LogP contribution in [0, 0.1) is 46.5 Å². The lowest BCUT2D eigenvalue weighted by atomic mass is 9.87. The number of imidazole rings is 1. The molecule has 0 saturated heterocycles. The fraction of sp³-hybridized carbons (Fsp3) is 0.346. The first-order chi connectivity index (χ1) is 47.3. The molecule has 0 saturated carbocycles. The van der Waals surface area contributed by atoms with Crippen molar-refractivity contribution in [3.63, 3.8) is 0 Å². The molecule has 10 aromatic heterocycles. The van der Waals surface area contributed by atoms with Gasteiger partial charge in [-0.15, -0.1) is 22.7 Å². The van der Waals surface area contributed by atoms with Crippen LogP contribution in [0.5, 0.6) is 0 Å². The van der Waals surface area contributed by atoms with Crippen molar-refractivity contribution in [2.45, 2.75) is 167 Å². The van der Waals surface area contributed by atoms with Crippen molar-refractivity contribution in [3.8, 4) is 0 Å². The van der Waals surface area contributed by atoms with Crippen LogP contribution < -0.4 is 0 Å². The monoisotopic (exact) mass is 1380 g/mol. The Kier molecular flexibility index (Phi) is 28.2. The second-order valence-corrected chi connectivity index (χ2v) is 27.6. The van der Waals surface area contributed by atoms with Gasteiger partial charge in [0.15, 0.2) is 33.9 Å². The predicted octanol–water partition coefficient (Wildman–Crippen LogP) is 15.5. The number of thiazole rings is 1. The molecule has 11 heterocycles. The van der Waals surface area contributed by atoms with Crippen molar-refractivity contribution < 1.29 is 24.0 Å². The number of nitrogens with zero attached hydrogens (tertiary/aromatic N) is 15. The summed E-state index contributed by atoms with van der Waals surface area (Å²) in [6.45, 7) is 30.5. The van der Waals surface area contributed by atoms with Crippen molar-refractivity contribution in [1.29, 1.82) is 0 Å². The van der Waals surface area contributed by atoms with Gasteiger partial charge in [0.1, 0.15) is 17.7 Å². The zero-order valence-electron chi connectivity index (χ0n) is 58.9. The van der Waals surface area contributed by atoms with E-state index in [1.165, 1.54) is 27.4 Å². The molecular weight excluding hydrogens is 1290 g/mol. The van der Waals surface area contributed by atoms with Crippen LogP contribution in [0.25, 0.3) is 5.52 Å². The summed E-state index contributed by atoms with van der Waals surface area (Å²) < 4.78 is 1.91. The van der Waals surface area contributed by atoms with Crippen LogP contribution in [0.1, 0.15) is 220 Å². The molecule has 12 rings (SSSR count). The number of aryl methyl sites for hydroxylation is 5. The van der Waals surface area contributed by atoms with Gasteiger partial charge in [-0.2, -0.15) is 51.0 Å². The van der Waals surface area contributed by atoms with Crippen LogP contribution in [0.2, 0.25) is 0 Å². The fourth-order valence-corrected chi connectivity index (χ4v) is 11.5. The van der Waals surface area contributed by atoms with Gasteiger partial charge < -0.3 is 4.40 Å². The first-order valence-electron chi connectivity index (χ1n) is 33.0. The molecule has 518 valence electrons. The summed E-state index contributed by atoms with van der Waals surface area (Å²) in [6.07, 6.45) is 14.8. The highest BCUT2D eigenvalue weighted by Gasteiger charge is 2.27. The van der Waals surface area contributed by atoms with Gasteiger partial charge in [0.05, 0.1) is 100 Å². The summed E-state index contributed by atoms with van der Waals surface area (Å²) in [4.78, 5) is 79.6. The average molecular weight is 1380 g/mol. The summed E-state index contributed by atoms with van der Waals surface area (Å²) in [5.41, 5.74) is 16.4. The van der Waals surface area contributed by atoms with E-state index >= 15 is 0 Å². The maximum absolute atomic E-state index is 12.5. The second kappa shape index (κ2) is 36.6. The number of aromatic nitrogens is 14. The van der Waals surface area contributed by atoms with E-state index in [1.54, 1.807) is 23.9 Å². The topological polar surface area (TPSA) is 270 Å². The molecule has 0 fully saturated rings. The van der Waals surface area contributed by atoms with Crippen molar-refractivity contribution in [3.05, 3.63) is 256 Å². The molecule has 1 aliphatic carbocycles. The number of fused-ring (bicyclic) bond motifs is 2. The van der Waals surface area contributed by atoms with Crippen LogP contribution in [-0.4, -0.2) is 105 Å². The molecule has 22 heteroatoms. The number of ketones is 5. The van der Waals surface area contributed by atoms with Crippen LogP contribution in [0.3, 0.4) is 0 Å². The summed E-state index contributed by atoms with van der Waals surface area (Å²) in [5.74, 6) is 2.32. The quantitative estimate of drug-likeness (QED) is 0.0641. The molecule has 0 aromatic carbocycles. The number of hydrogen-bond acceptors (Lipinski definition) is 21. The lowest BCUT2D eigenvalue weighted by molar-refractivity contribution is -0.115. The molecule has 0 bridgehead atoms. The van der Waals surface area contributed by atoms with Gasteiger partial charge in [0.2, 0.25) is 0 Å². The van der Waals surface area contributed by atoms with Crippen LogP contribution in [0.4, 0.5) is 0 Å². The molecular formula is C78H89N15O5S2. The van der Waals surface area contributed by atoms with Crippen molar-refractivity contribution in [1.82, 2.24) is 70.3 Å². The number of carbonyl (C=O) groups is 5. The number of aliphatic imine (C=N–C) groups is 1. The highest BCUT2D eigenvalue weighted by molar-refractivity contribution is 7.11. The minimum atomic E-state index is -0.0436. The number of rotatable bonds is 20. The van der Waals surface area contributed by atoms with Crippen LogP contribution >= 0.6 is 22.7 Å². The maximum Gasteiger partial charge on any atom is 0.197 e. The molecule has 20 nitrogen and oxygen atoms in total. The zero-order chi connectivity index (χ0) is 71.4. The molecule has 0 N–H and O–H groups in total. The molecule has 1 atom stereocenters. The third kappa shape index (κ3) is 22.4. The lowest BCUT2D eigenvalue weighted by Crippen LogP contribution is -2.11. The van der Waals surface area contributed by atoms with Crippen molar-refractivity contribution in [2.24, 2.45) is 16.8 Å². The van der Waals surface area contributed by atoms with E-state index in [9.17, 15) is 24.0 Å². The Hall–Kier alpha value is -10.2. The Morgan fingerprint density at radius 2 is 0.950 bits per heavy atom. The third-order valence-electron chi connectivity index (χ3n) is 15.8. The van der Waals surface area contributed by atoms with Gasteiger partial charge in [-0.1, -0.05) is 101 Å². The Bertz CT molecular complexity index is 4430. The van der Waals surface area contributed by atoms with E-state index in [2.05, 4.69) is 152 Å². The largest absolute Gasteiger partial charge is 0.305 e. The highest BCUT2D eigenvalue weighted by atomic mass is 32.1. The third-order valence-corrected chi connectivity index (χ3v) is 17.9. The Morgan fingerprint density at radius 1 is 0.460 bits per heavy atom. The Morgan fingerprint density at radius 3 is 1.38 bits per heavy atom. The first-order valence-corrected chi connectivity index (χ1v) is 34.8. The van der Waals surface area contributed by atoms with E-state index in [0.29, 0.717) is 80.7 Å². The van der Waals surface area contributed by atoms with Gasteiger partial charge in [0, 0.05) is 57.0 Å². The van der Waals surface area contributed by atoms with Crippen molar-refractivity contribution in [2.75, 3.05) is 0 Å². The Labute approximate surface area is 594 Å². The van der Waals surface area contributed by atoms with Gasteiger partial charge in [-0.25, -0.2) is 9.97 Å². The molecule has 0 amide bonds. The van der Waals surface area contributed by atoms with E-state index in [4.69, 9.17) is 0 Å². The minimum absolute atomic E-state index is 0.